The van der Waals surface area contributed by atoms with Crippen molar-refractivity contribution in [1.82, 2.24) is 10.2 Å². The molecule has 0 saturated carbocycles. The highest BCUT2D eigenvalue weighted by molar-refractivity contribution is 5.83. The molecule has 1 aliphatic rings. The summed E-state index contributed by atoms with van der Waals surface area (Å²) in [5.41, 5.74) is 1.06. The van der Waals surface area contributed by atoms with E-state index in [0.717, 1.165) is 37.9 Å². The molecule has 0 aliphatic carbocycles. The van der Waals surface area contributed by atoms with E-state index in [4.69, 9.17) is 0 Å². The maximum atomic E-state index is 12.2. The molecule has 1 saturated heterocycles. The number of rotatable bonds is 7. The topological polar surface area (TPSA) is 49.4 Å². The Labute approximate surface area is 126 Å². The fourth-order valence-electron chi connectivity index (χ4n) is 2.80. The third-order valence-electron chi connectivity index (χ3n) is 4.00. The molecule has 1 heterocycles. The molecular formula is C17H24N2O2. The Morgan fingerprint density at radius 2 is 2.10 bits per heavy atom. The first kappa shape index (κ1) is 15.5. The summed E-state index contributed by atoms with van der Waals surface area (Å²) >= 11 is 0. The maximum absolute atomic E-state index is 12.2. The highest BCUT2D eigenvalue weighted by atomic mass is 16.2. The van der Waals surface area contributed by atoms with Gasteiger partial charge in [0.25, 0.3) is 0 Å². The molecule has 0 spiro atoms. The Hall–Kier alpha value is -1.84. The van der Waals surface area contributed by atoms with E-state index in [0.29, 0.717) is 13.0 Å². The van der Waals surface area contributed by atoms with E-state index in [9.17, 15) is 9.59 Å². The Morgan fingerprint density at radius 1 is 1.33 bits per heavy atom. The number of nitrogens with zero attached hydrogens (tertiary/aromatic N) is 1. The molecule has 0 aromatic heterocycles. The van der Waals surface area contributed by atoms with Crippen molar-refractivity contribution in [2.24, 2.45) is 0 Å². The lowest BCUT2D eigenvalue weighted by molar-refractivity contribution is -0.127. The van der Waals surface area contributed by atoms with Gasteiger partial charge in [-0.2, -0.15) is 0 Å². The monoisotopic (exact) mass is 288 g/mol. The smallest absolute Gasteiger partial charge is 0.227 e. The highest BCUT2D eigenvalue weighted by Crippen LogP contribution is 2.19. The molecule has 1 aromatic rings. The van der Waals surface area contributed by atoms with Crippen LogP contribution in [0.15, 0.2) is 30.3 Å². The molecule has 1 aliphatic heterocycles. The number of hydrogen-bond acceptors (Lipinski definition) is 2. The summed E-state index contributed by atoms with van der Waals surface area (Å²) in [5.74, 6) is 0.244. The molecule has 4 nitrogen and oxygen atoms in total. The molecule has 2 amide bonds. The average molecular weight is 288 g/mol. The number of nitrogens with one attached hydrogen (secondary N) is 1. The standard InChI is InChI=1S/C17H24N2O2/c1-2-15(14-8-4-3-5-9-14)17(21)18-11-7-13-19-12-6-10-16(19)20/h3-5,8-9,15H,2,6-7,10-13H2,1H3,(H,18,21)/t15-/m0/s1. The van der Waals surface area contributed by atoms with E-state index in [1.807, 2.05) is 42.2 Å². The number of likely N-dealkylation sites (tertiary alicyclic amines) is 1. The Balaban J connectivity index is 1.74. The molecule has 1 N–H and O–H groups in total. The highest BCUT2D eigenvalue weighted by Gasteiger charge is 2.20. The molecule has 1 aromatic carbocycles. The van der Waals surface area contributed by atoms with Crippen LogP contribution in [0.25, 0.3) is 0 Å². The van der Waals surface area contributed by atoms with Crippen molar-refractivity contribution in [2.45, 2.75) is 38.5 Å². The summed E-state index contributed by atoms with van der Waals surface area (Å²) in [7, 11) is 0. The number of amides is 2. The Kier molecular flexibility index (Phi) is 5.78. The van der Waals surface area contributed by atoms with Crippen LogP contribution in [0.3, 0.4) is 0 Å². The second-order valence-electron chi connectivity index (χ2n) is 5.50. The first-order valence-corrected chi connectivity index (χ1v) is 7.82. The minimum absolute atomic E-state index is 0.0800. The molecular weight excluding hydrogens is 264 g/mol. The summed E-state index contributed by atoms with van der Waals surface area (Å²) in [4.78, 5) is 25.6. The van der Waals surface area contributed by atoms with Gasteiger partial charge in [-0.25, -0.2) is 0 Å². The number of carbonyl (C=O) groups is 2. The Morgan fingerprint density at radius 3 is 2.71 bits per heavy atom. The Bertz CT molecular complexity index is 473. The number of benzene rings is 1. The van der Waals surface area contributed by atoms with Crippen molar-refractivity contribution in [3.63, 3.8) is 0 Å². The minimum atomic E-state index is -0.0837. The first-order valence-electron chi connectivity index (χ1n) is 7.82. The first-order chi connectivity index (χ1) is 10.2. The molecule has 21 heavy (non-hydrogen) atoms. The lowest BCUT2D eigenvalue weighted by Crippen LogP contribution is -2.33. The summed E-state index contributed by atoms with van der Waals surface area (Å²) in [6.07, 6.45) is 3.26. The molecule has 114 valence electrons. The van der Waals surface area contributed by atoms with Gasteiger partial charge >= 0.3 is 0 Å². The van der Waals surface area contributed by atoms with Crippen LogP contribution in [-0.2, 0) is 9.59 Å². The van der Waals surface area contributed by atoms with Crippen LogP contribution < -0.4 is 5.32 Å². The van der Waals surface area contributed by atoms with Gasteiger partial charge in [-0.1, -0.05) is 37.3 Å². The number of hydrogen-bond donors (Lipinski definition) is 1. The average Bonchev–Trinajstić information content (AvgIpc) is 2.91. The van der Waals surface area contributed by atoms with Gasteiger partial charge in [-0.05, 0) is 24.8 Å². The minimum Gasteiger partial charge on any atom is -0.356 e. The van der Waals surface area contributed by atoms with E-state index in [1.54, 1.807) is 0 Å². The third kappa shape index (κ3) is 4.31. The van der Waals surface area contributed by atoms with Crippen molar-refractivity contribution in [3.8, 4) is 0 Å². The van der Waals surface area contributed by atoms with E-state index in [-0.39, 0.29) is 17.7 Å². The molecule has 2 rings (SSSR count). The molecule has 0 bridgehead atoms. The van der Waals surface area contributed by atoms with Gasteiger partial charge in [0.2, 0.25) is 11.8 Å². The number of carbonyl (C=O) groups excluding carboxylic acids is 2. The summed E-state index contributed by atoms with van der Waals surface area (Å²) in [6.45, 7) is 4.28. The zero-order valence-corrected chi connectivity index (χ0v) is 12.7. The van der Waals surface area contributed by atoms with E-state index in [1.165, 1.54) is 0 Å². The quantitative estimate of drug-likeness (QED) is 0.783. The van der Waals surface area contributed by atoms with Crippen molar-refractivity contribution in [2.75, 3.05) is 19.6 Å². The second-order valence-corrected chi connectivity index (χ2v) is 5.50. The van der Waals surface area contributed by atoms with Gasteiger partial charge < -0.3 is 10.2 Å². The van der Waals surface area contributed by atoms with Crippen molar-refractivity contribution < 1.29 is 9.59 Å². The van der Waals surface area contributed by atoms with Gasteiger partial charge in [-0.3, -0.25) is 9.59 Å². The van der Waals surface area contributed by atoms with Crippen LogP contribution in [-0.4, -0.2) is 36.3 Å². The maximum Gasteiger partial charge on any atom is 0.227 e. The zero-order chi connectivity index (χ0) is 15.1. The third-order valence-corrected chi connectivity index (χ3v) is 4.00. The fourth-order valence-corrected chi connectivity index (χ4v) is 2.80. The van der Waals surface area contributed by atoms with E-state index >= 15 is 0 Å². The van der Waals surface area contributed by atoms with Gasteiger partial charge in [0.15, 0.2) is 0 Å². The fraction of sp³-hybridized carbons (Fsp3) is 0.529. The summed E-state index contributed by atoms with van der Waals surface area (Å²) in [6, 6.07) is 9.88. The predicted octanol–water partition coefficient (Wildman–Crippen LogP) is 2.31. The molecule has 4 heteroatoms. The van der Waals surface area contributed by atoms with E-state index < -0.39 is 0 Å². The predicted molar refractivity (Wildman–Crippen MR) is 82.9 cm³/mol. The molecule has 1 atom stereocenters. The van der Waals surface area contributed by atoms with Crippen LogP contribution >= 0.6 is 0 Å². The van der Waals surface area contributed by atoms with Gasteiger partial charge in [0.1, 0.15) is 0 Å². The van der Waals surface area contributed by atoms with Crippen molar-refractivity contribution in [3.05, 3.63) is 35.9 Å². The van der Waals surface area contributed by atoms with E-state index in [2.05, 4.69) is 5.32 Å². The SMILES string of the molecule is CC[C@H](C(=O)NCCCN1CCCC1=O)c1ccccc1. The second kappa shape index (κ2) is 7.81. The lowest BCUT2D eigenvalue weighted by atomic mass is 9.96. The van der Waals surface area contributed by atoms with Crippen LogP contribution in [0.4, 0.5) is 0 Å². The summed E-state index contributed by atoms with van der Waals surface area (Å²) in [5, 5.41) is 2.99. The van der Waals surface area contributed by atoms with Crippen LogP contribution in [0.2, 0.25) is 0 Å². The zero-order valence-electron chi connectivity index (χ0n) is 12.7. The lowest BCUT2D eigenvalue weighted by Gasteiger charge is -2.17. The molecule has 0 radical (unpaired) electrons. The van der Waals surface area contributed by atoms with Crippen molar-refractivity contribution >= 4 is 11.8 Å². The summed E-state index contributed by atoms with van der Waals surface area (Å²) < 4.78 is 0. The van der Waals surface area contributed by atoms with Crippen molar-refractivity contribution in [1.29, 1.82) is 0 Å². The largest absolute Gasteiger partial charge is 0.356 e. The normalized spacial score (nSPS) is 16.0. The van der Waals surface area contributed by atoms with Gasteiger partial charge in [0.05, 0.1) is 5.92 Å². The van der Waals surface area contributed by atoms with Crippen LogP contribution in [0, 0.1) is 0 Å². The van der Waals surface area contributed by atoms with Crippen LogP contribution in [0.5, 0.6) is 0 Å². The molecule has 0 unspecified atom stereocenters. The molecule has 1 fully saturated rings. The van der Waals surface area contributed by atoms with Gasteiger partial charge in [-0.15, -0.1) is 0 Å². The van der Waals surface area contributed by atoms with Gasteiger partial charge in [0, 0.05) is 26.1 Å². The van der Waals surface area contributed by atoms with Crippen LogP contribution in [0.1, 0.15) is 44.1 Å².